The van der Waals surface area contributed by atoms with Gasteiger partial charge in [-0.2, -0.15) is 5.26 Å². The molecular weight excluding hydrogens is 257 g/mol. The minimum atomic E-state index is -0.585. The molecule has 0 saturated carbocycles. The lowest BCUT2D eigenvalue weighted by Crippen LogP contribution is -2.10. The Labute approximate surface area is 116 Å². The minimum Gasteiger partial charge on any atom is -0.453 e. The summed E-state index contributed by atoms with van der Waals surface area (Å²) in [5.74, 6) is -0.114. The topological polar surface area (TPSA) is 71.9 Å². The lowest BCUT2D eigenvalue weighted by molar-refractivity contribution is 0.439. The molecule has 1 atom stereocenters. The summed E-state index contributed by atoms with van der Waals surface area (Å²) >= 11 is 0. The maximum Gasteiger partial charge on any atom is 0.167 e. The van der Waals surface area contributed by atoms with E-state index in [9.17, 15) is 4.39 Å². The first kappa shape index (κ1) is 14.0. The molecule has 0 aliphatic carbocycles. The summed E-state index contributed by atoms with van der Waals surface area (Å²) in [7, 11) is 0. The predicted molar refractivity (Wildman–Crippen MR) is 72.6 cm³/mol. The van der Waals surface area contributed by atoms with Crippen LogP contribution in [0.15, 0.2) is 36.5 Å². The zero-order valence-corrected chi connectivity index (χ0v) is 11.0. The summed E-state index contributed by atoms with van der Waals surface area (Å²) in [6.45, 7) is 1.98. The SMILES string of the molecule is CC[C@@H](N)c1ccc(Oc2ccc(C#N)cc2F)cn1. The summed E-state index contributed by atoms with van der Waals surface area (Å²) in [6, 6.07) is 9.23. The molecule has 0 aliphatic heterocycles. The standard InChI is InChI=1S/C15H14FN3O/c1-2-13(18)14-5-4-11(9-19-14)20-15-6-3-10(8-17)7-12(15)16/h3-7,9,13H,2,18H2,1H3/t13-/m1/s1. The Balaban J connectivity index is 2.16. The van der Waals surface area contributed by atoms with Crippen LogP contribution in [0.25, 0.3) is 0 Å². The minimum absolute atomic E-state index is 0.0540. The van der Waals surface area contributed by atoms with E-state index in [1.54, 1.807) is 12.1 Å². The first-order valence-electron chi connectivity index (χ1n) is 6.23. The lowest BCUT2D eigenvalue weighted by atomic mass is 10.1. The van der Waals surface area contributed by atoms with Crippen molar-refractivity contribution < 1.29 is 9.13 Å². The van der Waals surface area contributed by atoms with E-state index in [1.165, 1.54) is 18.3 Å². The smallest absolute Gasteiger partial charge is 0.167 e. The Hall–Kier alpha value is -2.45. The highest BCUT2D eigenvalue weighted by atomic mass is 19.1. The molecule has 1 aromatic heterocycles. The molecule has 0 radical (unpaired) electrons. The first-order chi connectivity index (χ1) is 9.63. The van der Waals surface area contributed by atoms with Crippen LogP contribution in [0.1, 0.15) is 30.6 Å². The van der Waals surface area contributed by atoms with Gasteiger partial charge in [0.1, 0.15) is 5.75 Å². The third-order valence-electron chi connectivity index (χ3n) is 2.87. The molecule has 0 spiro atoms. The number of hydrogen-bond donors (Lipinski definition) is 1. The van der Waals surface area contributed by atoms with Crippen molar-refractivity contribution in [3.8, 4) is 17.6 Å². The van der Waals surface area contributed by atoms with Crippen molar-refractivity contribution >= 4 is 0 Å². The largest absolute Gasteiger partial charge is 0.453 e. The molecule has 1 aromatic carbocycles. The van der Waals surface area contributed by atoms with E-state index in [0.29, 0.717) is 5.75 Å². The van der Waals surface area contributed by atoms with Crippen molar-refractivity contribution in [2.45, 2.75) is 19.4 Å². The molecule has 2 rings (SSSR count). The Morgan fingerprint density at radius 1 is 1.40 bits per heavy atom. The molecule has 2 N–H and O–H groups in total. The van der Waals surface area contributed by atoms with Gasteiger partial charge in [-0.1, -0.05) is 6.92 Å². The number of nitrogens with two attached hydrogens (primary N) is 1. The highest BCUT2D eigenvalue weighted by Gasteiger charge is 2.08. The molecular formula is C15H14FN3O. The number of ether oxygens (including phenoxy) is 1. The number of rotatable bonds is 4. The predicted octanol–water partition coefficient (Wildman–Crippen LogP) is 3.29. The Morgan fingerprint density at radius 3 is 2.75 bits per heavy atom. The maximum absolute atomic E-state index is 13.7. The van der Waals surface area contributed by atoms with Crippen LogP contribution in [0.5, 0.6) is 11.5 Å². The number of hydrogen-bond acceptors (Lipinski definition) is 4. The third kappa shape index (κ3) is 3.11. The fourth-order valence-electron chi connectivity index (χ4n) is 1.66. The fraction of sp³-hybridized carbons (Fsp3) is 0.200. The van der Waals surface area contributed by atoms with E-state index in [0.717, 1.165) is 18.2 Å². The molecule has 1 heterocycles. The van der Waals surface area contributed by atoms with Crippen molar-refractivity contribution in [1.29, 1.82) is 5.26 Å². The average Bonchev–Trinajstić information content (AvgIpc) is 2.49. The van der Waals surface area contributed by atoms with Crippen molar-refractivity contribution in [2.24, 2.45) is 5.73 Å². The van der Waals surface area contributed by atoms with Gasteiger partial charge in [0.05, 0.1) is 23.5 Å². The molecule has 0 fully saturated rings. The maximum atomic E-state index is 13.7. The quantitative estimate of drug-likeness (QED) is 0.926. The molecule has 4 nitrogen and oxygen atoms in total. The number of benzene rings is 1. The number of halogens is 1. The van der Waals surface area contributed by atoms with Gasteiger partial charge in [-0.25, -0.2) is 4.39 Å². The van der Waals surface area contributed by atoms with E-state index in [-0.39, 0.29) is 17.4 Å². The molecule has 0 bridgehead atoms. The van der Waals surface area contributed by atoms with Crippen LogP contribution in [-0.2, 0) is 0 Å². The summed E-state index contributed by atoms with van der Waals surface area (Å²) in [6.07, 6.45) is 2.29. The monoisotopic (exact) mass is 271 g/mol. The van der Waals surface area contributed by atoms with E-state index >= 15 is 0 Å². The third-order valence-corrected chi connectivity index (χ3v) is 2.87. The van der Waals surface area contributed by atoms with Crippen LogP contribution in [0.2, 0.25) is 0 Å². The highest BCUT2D eigenvalue weighted by molar-refractivity contribution is 5.38. The zero-order valence-electron chi connectivity index (χ0n) is 11.0. The molecule has 0 saturated heterocycles. The Morgan fingerprint density at radius 2 is 2.20 bits per heavy atom. The normalized spacial score (nSPS) is 11.7. The number of nitriles is 1. The average molecular weight is 271 g/mol. The lowest BCUT2D eigenvalue weighted by Gasteiger charge is -2.10. The van der Waals surface area contributed by atoms with Gasteiger partial charge in [0.2, 0.25) is 0 Å². The van der Waals surface area contributed by atoms with Crippen molar-refractivity contribution in [3.63, 3.8) is 0 Å². The van der Waals surface area contributed by atoms with E-state index in [1.807, 2.05) is 13.0 Å². The van der Waals surface area contributed by atoms with E-state index in [2.05, 4.69) is 4.98 Å². The van der Waals surface area contributed by atoms with Gasteiger partial charge in [-0.05, 0) is 36.8 Å². The van der Waals surface area contributed by atoms with Crippen LogP contribution in [-0.4, -0.2) is 4.98 Å². The second-order valence-electron chi connectivity index (χ2n) is 4.29. The first-order valence-corrected chi connectivity index (χ1v) is 6.23. The van der Waals surface area contributed by atoms with Gasteiger partial charge < -0.3 is 10.5 Å². The molecule has 2 aromatic rings. The summed E-state index contributed by atoms with van der Waals surface area (Å²) in [5.41, 5.74) is 6.87. The van der Waals surface area contributed by atoms with Crippen LogP contribution in [0, 0.1) is 17.1 Å². The highest BCUT2D eigenvalue weighted by Crippen LogP contribution is 2.25. The Kier molecular flexibility index (Phi) is 4.28. The molecule has 5 heteroatoms. The van der Waals surface area contributed by atoms with Gasteiger partial charge in [0.15, 0.2) is 11.6 Å². The number of nitrogens with zero attached hydrogens (tertiary/aromatic N) is 2. The van der Waals surface area contributed by atoms with Crippen LogP contribution < -0.4 is 10.5 Å². The van der Waals surface area contributed by atoms with Crippen LogP contribution in [0.4, 0.5) is 4.39 Å². The van der Waals surface area contributed by atoms with Crippen molar-refractivity contribution in [1.82, 2.24) is 4.98 Å². The molecule has 102 valence electrons. The van der Waals surface area contributed by atoms with E-state index in [4.69, 9.17) is 15.7 Å². The molecule has 0 amide bonds. The second-order valence-corrected chi connectivity index (χ2v) is 4.29. The van der Waals surface area contributed by atoms with E-state index < -0.39 is 5.82 Å². The van der Waals surface area contributed by atoms with Crippen LogP contribution in [0.3, 0.4) is 0 Å². The Bertz CT molecular complexity index is 635. The molecule has 0 aliphatic rings. The van der Waals surface area contributed by atoms with Crippen LogP contribution >= 0.6 is 0 Å². The summed E-state index contributed by atoms with van der Waals surface area (Å²) in [4.78, 5) is 4.18. The van der Waals surface area contributed by atoms with Gasteiger partial charge in [-0.3, -0.25) is 4.98 Å². The van der Waals surface area contributed by atoms with Gasteiger partial charge in [-0.15, -0.1) is 0 Å². The van der Waals surface area contributed by atoms with Gasteiger partial charge in [0, 0.05) is 6.04 Å². The summed E-state index contributed by atoms with van der Waals surface area (Å²) < 4.78 is 19.1. The fourth-order valence-corrected chi connectivity index (χ4v) is 1.66. The van der Waals surface area contributed by atoms with Gasteiger partial charge >= 0.3 is 0 Å². The van der Waals surface area contributed by atoms with Gasteiger partial charge in [0.25, 0.3) is 0 Å². The summed E-state index contributed by atoms with van der Waals surface area (Å²) in [5, 5.41) is 8.67. The number of pyridine rings is 1. The number of aromatic nitrogens is 1. The second kappa shape index (κ2) is 6.13. The zero-order chi connectivity index (χ0) is 14.5. The van der Waals surface area contributed by atoms with Crippen molar-refractivity contribution in [3.05, 3.63) is 53.6 Å². The molecule has 20 heavy (non-hydrogen) atoms. The molecule has 0 unspecified atom stereocenters. The van der Waals surface area contributed by atoms with Crippen molar-refractivity contribution in [2.75, 3.05) is 0 Å².